The first-order chi connectivity index (χ1) is 6.33. The van der Waals surface area contributed by atoms with Crippen LogP contribution in [0.3, 0.4) is 0 Å². The Bertz CT molecular complexity index is 242. The number of nitrogens with zero attached hydrogens (tertiary/aromatic N) is 1. The van der Waals surface area contributed by atoms with Crippen LogP contribution in [-0.2, 0) is 0 Å². The van der Waals surface area contributed by atoms with Crippen molar-refractivity contribution in [2.45, 2.75) is 20.8 Å². The SMILES string of the molecule is C/C=C/Nc1ccc(Br)cn1.CC. The van der Waals surface area contributed by atoms with Crippen molar-refractivity contribution in [2.24, 2.45) is 0 Å². The van der Waals surface area contributed by atoms with E-state index in [1.165, 1.54) is 0 Å². The molecule has 0 aliphatic rings. The van der Waals surface area contributed by atoms with E-state index in [0.717, 1.165) is 10.3 Å². The minimum absolute atomic E-state index is 0.853. The van der Waals surface area contributed by atoms with Crippen molar-refractivity contribution in [1.82, 2.24) is 4.98 Å². The molecule has 0 aliphatic carbocycles. The Hall–Kier alpha value is -0.830. The third-order valence-electron chi connectivity index (χ3n) is 1.13. The number of hydrogen-bond acceptors (Lipinski definition) is 2. The Kier molecular flexibility index (Phi) is 7.30. The molecule has 0 bridgehead atoms. The second-order valence-corrected chi connectivity index (χ2v) is 2.92. The Morgan fingerprint density at radius 3 is 2.54 bits per heavy atom. The molecule has 3 heteroatoms. The number of hydrogen-bond donors (Lipinski definition) is 1. The van der Waals surface area contributed by atoms with Gasteiger partial charge in [0.15, 0.2) is 0 Å². The Morgan fingerprint density at radius 1 is 1.38 bits per heavy atom. The van der Waals surface area contributed by atoms with Crippen molar-refractivity contribution in [1.29, 1.82) is 0 Å². The van der Waals surface area contributed by atoms with Gasteiger partial charge in [0, 0.05) is 10.7 Å². The normalized spacial score (nSPS) is 9.23. The van der Waals surface area contributed by atoms with Gasteiger partial charge in [-0.2, -0.15) is 0 Å². The summed E-state index contributed by atoms with van der Waals surface area (Å²) in [5.74, 6) is 0.853. The standard InChI is InChI=1S/C8H9BrN2.C2H6/c1-2-5-10-8-4-3-7(9)6-11-8;1-2/h2-6H,1H3,(H,10,11);1-2H3/b5-2+;. The van der Waals surface area contributed by atoms with Crippen molar-refractivity contribution >= 4 is 21.7 Å². The van der Waals surface area contributed by atoms with Gasteiger partial charge in [0.25, 0.3) is 0 Å². The van der Waals surface area contributed by atoms with Crippen molar-refractivity contribution in [3.63, 3.8) is 0 Å². The molecule has 72 valence electrons. The highest BCUT2D eigenvalue weighted by Gasteiger charge is 1.88. The Balaban J connectivity index is 0.000000671. The fraction of sp³-hybridized carbons (Fsp3) is 0.300. The second kappa shape index (κ2) is 7.80. The summed E-state index contributed by atoms with van der Waals surface area (Å²) >= 11 is 3.31. The summed E-state index contributed by atoms with van der Waals surface area (Å²) in [7, 11) is 0. The van der Waals surface area contributed by atoms with Crippen LogP contribution in [0.5, 0.6) is 0 Å². The number of halogens is 1. The quantitative estimate of drug-likeness (QED) is 0.854. The molecule has 0 spiro atoms. The van der Waals surface area contributed by atoms with Crippen LogP contribution < -0.4 is 5.32 Å². The fourth-order valence-corrected chi connectivity index (χ4v) is 0.864. The highest BCUT2D eigenvalue weighted by atomic mass is 79.9. The zero-order valence-electron chi connectivity index (χ0n) is 8.21. The lowest BCUT2D eigenvalue weighted by Gasteiger charge is -1.97. The average molecular weight is 243 g/mol. The van der Waals surface area contributed by atoms with Gasteiger partial charge in [-0.25, -0.2) is 4.98 Å². The summed E-state index contributed by atoms with van der Waals surface area (Å²) in [4.78, 5) is 4.11. The Labute approximate surface area is 88.2 Å². The first kappa shape index (κ1) is 12.2. The highest BCUT2D eigenvalue weighted by Crippen LogP contribution is 2.09. The van der Waals surface area contributed by atoms with Crippen LogP contribution in [-0.4, -0.2) is 4.98 Å². The molecule has 0 atom stereocenters. The lowest BCUT2D eigenvalue weighted by Crippen LogP contribution is -1.89. The van der Waals surface area contributed by atoms with E-state index in [1.54, 1.807) is 6.20 Å². The summed E-state index contributed by atoms with van der Waals surface area (Å²) in [5.41, 5.74) is 0. The number of allylic oxidation sites excluding steroid dienone is 1. The minimum Gasteiger partial charge on any atom is -0.347 e. The van der Waals surface area contributed by atoms with Gasteiger partial charge in [0.2, 0.25) is 0 Å². The summed E-state index contributed by atoms with van der Waals surface area (Å²) < 4.78 is 0.989. The Morgan fingerprint density at radius 2 is 2.08 bits per heavy atom. The van der Waals surface area contributed by atoms with Crippen molar-refractivity contribution in [3.8, 4) is 0 Å². The van der Waals surface area contributed by atoms with Gasteiger partial charge >= 0.3 is 0 Å². The number of pyridine rings is 1. The van der Waals surface area contributed by atoms with Crippen LogP contribution in [0.25, 0.3) is 0 Å². The molecule has 1 aromatic heterocycles. The van der Waals surface area contributed by atoms with E-state index in [0.29, 0.717) is 0 Å². The molecule has 0 saturated carbocycles. The molecule has 1 N–H and O–H groups in total. The maximum atomic E-state index is 4.11. The highest BCUT2D eigenvalue weighted by molar-refractivity contribution is 9.10. The topological polar surface area (TPSA) is 24.9 Å². The van der Waals surface area contributed by atoms with Gasteiger partial charge in [-0.15, -0.1) is 0 Å². The van der Waals surface area contributed by atoms with E-state index in [-0.39, 0.29) is 0 Å². The number of anilines is 1. The van der Waals surface area contributed by atoms with Crippen molar-refractivity contribution in [3.05, 3.63) is 35.1 Å². The second-order valence-electron chi connectivity index (χ2n) is 2.01. The molecule has 0 aliphatic heterocycles. The van der Waals surface area contributed by atoms with Gasteiger partial charge in [-0.05, 0) is 41.2 Å². The predicted molar refractivity (Wildman–Crippen MR) is 61.7 cm³/mol. The van der Waals surface area contributed by atoms with Gasteiger partial charge in [-0.1, -0.05) is 19.9 Å². The van der Waals surface area contributed by atoms with Crippen LogP contribution in [0.4, 0.5) is 5.82 Å². The van der Waals surface area contributed by atoms with Gasteiger partial charge in [0.1, 0.15) is 5.82 Å². The molecular weight excluding hydrogens is 228 g/mol. The van der Waals surface area contributed by atoms with E-state index in [9.17, 15) is 0 Å². The van der Waals surface area contributed by atoms with Crippen LogP contribution in [0, 0.1) is 0 Å². The molecular formula is C10H15BrN2. The number of nitrogens with one attached hydrogen (secondary N) is 1. The zero-order valence-corrected chi connectivity index (χ0v) is 9.80. The molecule has 0 amide bonds. The summed E-state index contributed by atoms with van der Waals surface area (Å²) in [6.07, 6.45) is 5.52. The largest absolute Gasteiger partial charge is 0.347 e. The molecule has 13 heavy (non-hydrogen) atoms. The van der Waals surface area contributed by atoms with Gasteiger partial charge in [-0.3, -0.25) is 0 Å². The van der Waals surface area contributed by atoms with Crippen LogP contribution in [0.1, 0.15) is 20.8 Å². The van der Waals surface area contributed by atoms with Crippen LogP contribution in [0.15, 0.2) is 35.1 Å². The van der Waals surface area contributed by atoms with E-state index in [1.807, 2.05) is 45.2 Å². The first-order valence-electron chi connectivity index (χ1n) is 4.32. The van der Waals surface area contributed by atoms with Crippen molar-refractivity contribution in [2.75, 3.05) is 5.32 Å². The number of aromatic nitrogens is 1. The molecule has 0 radical (unpaired) electrons. The molecule has 1 rings (SSSR count). The predicted octanol–water partition coefficient (Wildman–Crippen LogP) is 3.82. The van der Waals surface area contributed by atoms with E-state index in [2.05, 4.69) is 26.2 Å². The van der Waals surface area contributed by atoms with Gasteiger partial charge < -0.3 is 5.32 Å². The maximum Gasteiger partial charge on any atom is 0.129 e. The van der Waals surface area contributed by atoms with E-state index >= 15 is 0 Å². The summed E-state index contributed by atoms with van der Waals surface area (Å²) in [6.45, 7) is 5.95. The molecule has 0 unspecified atom stereocenters. The minimum atomic E-state index is 0.853. The fourth-order valence-electron chi connectivity index (χ4n) is 0.630. The van der Waals surface area contributed by atoms with Crippen LogP contribution in [0.2, 0.25) is 0 Å². The van der Waals surface area contributed by atoms with E-state index < -0.39 is 0 Å². The molecule has 0 aromatic carbocycles. The smallest absolute Gasteiger partial charge is 0.129 e. The third-order valence-corrected chi connectivity index (χ3v) is 1.59. The lowest BCUT2D eigenvalue weighted by atomic mass is 10.5. The maximum absolute atomic E-state index is 4.11. The molecule has 1 aromatic rings. The lowest BCUT2D eigenvalue weighted by molar-refractivity contribution is 1.29. The third kappa shape index (κ3) is 5.42. The van der Waals surface area contributed by atoms with Gasteiger partial charge in [0.05, 0.1) is 0 Å². The molecule has 1 heterocycles. The summed E-state index contributed by atoms with van der Waals surface area (Å²) in [6, 6.07) is 3.85. The zero-order chi connectivity index (χ0) is 10.1. The molecule has 0 fully saturated rings. The molecule has 2 nitrogen and oxygen atoms in total. The van der Waals surface area contributed by atoms with Crippen molar-refractivity contribution < 1.29 is 0 Å². The first-order valence-corrected chi connectivity index (χ1v) is 5.11. The van der Waals surface area contributed by atoms with E-state index in [4.69, 9.17) is 0 Å². The monoisotopic (exact) mass is 242 g/mol. The van der Waals surface area contributed by atoms with Crippen LogP contribution >= 0.6 is 15.9 Å². The molecule has 0 saturated heterocycles. The number of rotatable bonds is 2. The average Bonchev–Trinajstić information content (AvgIpc) is 2.20. The summed E-state index contributed by atoms with van der Waals surface area (Å²) in [5, 5.41) is 3.01.